The van der Waals surface area contributed by atoms with Crippen molar-refractivity contribution in [3.8, 4) is 5.75 Å². The molecule has 172 valence electrons. The van der Waals surface area contributed by atoms with Crippen LogP contribution in [0.3, 0.4) is 0 Å². The van der Waals surface area contributed by atoms with Crippen LogP contribution in [-0.2, 0) is 14.3 Å². The summed E-state index contributed by atoms with van der Waals surface area (Å²) in [5.41, 5.74) is 0.811. The number of aromatic nitrogens is 2. The molecule has 0 bridgehead atoms. The summed E-state index contributed by atoms with van der Waals surface area (Å²) < 4.78 is 5.08. The molecule has 1 amide bonds. The zero-order chi connectivity index (χ0) is 24.4. The molecular formula is C24H19N3O6S. The van der Waals surface area contributed by atoms with Gasteiger partial charge in [0.2, 0.25) is 0 Å². The number of pyridine rings is 1. The Hall–Kier alpha value is -4.31. The first-order valence-corrected chi connectivity index (χ1v) is 10.9. The number of aliphatic hydroxyl groups is 1. The van der Waals surface area contributed by atoms with Gasteiger partial charge in [-0.25, -0.2) is 9.78 Å². The molecule has 2 N–H and O–H groups in total. The molecule has 1 unspecified atom stereocenters. The number of aryl methyl sites for hydroxylation is 1. The molecule has 1 aromatic carbocycles. The van der Waals surface area contributed by atoms with Crippen LogP contribution in [0.25, 0.3) is 5.76 Å². The largest absolute Gasteiger partial charge is 0.508 e. The van der Waals surface area contributed by atoms with E-state index in [0.29, 0.717) is 16.8 Å². The number of phenols is 1. The zero-order valence-corrected chi connectivity index (χ0v) is 18.8. The van der Waals surface area contributed by atoms with Crippen molar-refractivity contribution in [2.75, 3.05) is 11.5 Å². The minimum Gasteiger partial charge on any atom is -0.508 e. The number of amides is 1. The Balaban J connectivity index is 1.89. The van der Waals surface area contributed by atoms with E-state index in [2.05, 4.69) is 16.5 Å². The highest BCUT2D eigenvalue weighted by molar-refractivity contribution is 7.17. The lowest BCUT2D eigenvalue weighted by atomic mass is 9.95. The fourth-order valence-corrected chi connectivity index (χ4v) is 4.57. The number of hydrogen-bond acceptors (Lipinski definition) is 9. The maximum Gasteiger partial charge on any atom is 0.350 e. The van der Waals surface area contributed by atoms with Gasteiger partial charge >= 0.3 is 11.9 Å². The normalized spacial score (nSPS) is 17.1. The first kappa shape index (κ1) is 22.9. The average Bonchev–Trinajstić information content (AvgIpc) is 3.34. The Morgan fingerprint density at radius 3 is 2.68 bits per heavy atom. The van der Waals surface area contributed by atoms with Gasteiger partial charge in [-0.05, 0) is 36.8 Å². The monoisotopic (exact) mass is 477 g/mol. The number of benzene rings is 1. The number of thiazole rings is 1. The number of carbonyl (C=O) groups is 3. The molecule has 4 rings (SSSR count). The average molecular weight is 477 g/mol. The smallest absolute Gasteiger partial charge is 0.350 e. The van der Waals surface area contributed by atoms with E-state index in [9.17, 15) is 24.6 Å². The van der Waals surface area contributed by atoms with Crippen LogP contribution in [0, 0.1) is 6.92 Å². The molecule has 34 heavy (non-hydrogen) atoms. The number of esters is 1. The van der Waals surface area contributed by atoms with Crippen LogP contribution in [0.4, 0.5) is 5.13 Å². The molecule has 9 nitrogen and oxygen atoms in total. The number of rotatable bonds is 6. The summed E-state index contributed by atoms with van der Waals surface area (Å²) >= 11 is 0.889. The summed E-state index contributed by atoms with van der Waals surface area (Å²) in [7, 11) is 0. The van der Waals surface area contributed by atoms with E-state index < -0.39 is 29.5 Å². The zero-order valence-electron chi connectivity index (χ0n) is 18.0. The maximum atomic E-state index is 13.2. The Kier molecular flexibility index (Phi) is 6.24. The summed E-state index contributed by atoms with van der Waals surface area (Å²) in [6.45, 7) is 5.09. The number of carbonyl (C=O) groups excluding carboxylic acids is 3. The molecule has 2 aromatic heterocycles. The number of ketones is 1. The number of anilines is 1. The number of aliphatic hydroxyl groups excluding tert-OH is 1. The number of Topliss-reactive ketones (excluding diaryl/α,β-unsaturated/α-hetero) is 1. The van der Waals surface area contributed by atoms with Crippen LogP contribution in [0.2, 0.25) is 0 Å². The highest BCUT2D eigenvalue weighted by atomic mass is 32.1. The van der Waals surface area contributed by atoms with Gasteiger partial charge in [0.05, 0.1) is 17.3 Å². The lowest BCUT2D eigenvalue weighted by Gasteiger charge is -2.23. The number of ether oxygens (including phenoxy) is 1. The molecule has 1 fully saturated rings. The minimum atomic E-state index is -1.09. The molecule has 1 saturated heterocycles. The van der Waals surface area contributed by atoms with E-state index in [1.807, 2.05) is 0 Å². The molecule has 1 aliphatic rings. The molecule has 1 atom stereocenters. The Morgan fingerprint density at radius 1 is 1.26 bits per heavy atom. The fraction of sp³-hybridized carbons (Fsp3) is 0.125. The SMILES string of the molecule is C=CCOC(=O)c1sc(N2C(=O)C(=O)C(=C(O)c3ccncc3)C2c2cccc(O)c2)nc1C. The summed E-state index contributed by atoms with van der Waals surface area (Å²) in [4.78, 5) is 48.2. The van der Waals surface area contributed by atoms with Gasteiger partial charge in [0.1, 0.15) is 23.0 Å². The summed E-state index contributed by atoms with van der Waals surface area (Å²) in [5.74, 6) is -2.97. The third-order valence-corrected chi connectivity index (χ3v) is 6.23. The van der Waals surface area contributed by atoms with Crippen molar-refractivity contribution in [2.45, 2.75) is 13.0 Å². The number of hydrogen-bond donors (Lipinski definition) is 2. The minimum absolute atomic E-state index is 0.00520. The van der Waals surface area contributed by atoms with Gasteiger partial charge < -0.3 is 14.9 Å². The van der Waals surface area contributed by atoms with Crippen LogP contribution in [-0.4, -0.2) is 44.4 Å². The first-order chi connectivity index (χ1) is 16.3. The molecule has 0 aliphatic carbocycles. The molecule has 3 heterocycles. The van der Waals surface area contributed by atoms with Crippen molar-refractivity contribution in [1.82, 2.24) is 9.97 Å². The summed E-state index contributed by atoms with van der Waals surface area (Å²) in [6.07, 6.45) is 4.31. The highest BCUT2D eigenvalue weighted by Gasteiger charge is 2.48. The van der Waals surface area contributed by atoms with Gasteiger partial charge in [-0.2, -0.15) is 0 Å². The van der Waals surface area contributed by atoms with Crippen LogP contribution in [0.15, 0.2) is 67.0 Å². The number of aromatic hydroxyl groups is 1. The standard InChI is InChI=1S/C24H19N3O6S/c1-3-11-33-23(32)21-13(2)26-24(34-21)27-18(15-5-4-6-16(28)12-15)17(20(30)22(27)31)19(29)14-7-9-25-10-8-14/h3-10,12,18,28-29H,1,11H2,2H3. The second-order valence-electron chi connectivity index (χ2n) is 7.30. The summed E-state index contributed by atoms with van der Waals surface area (Å²) in [6, 6.07) is 7.92. The van der Waals surface area contributed by atoms with Crippen molar-refractivity contribution in [2.24, 2.45) is 0 Å². The predicted molar refractivity (Wildman–Crippen MR) is 124 cm³/mol. The summed E-state index contributed by atoms with van der Waals surface area (Å²) in [5, 5.41) is 21.1. The van der Waals surface area contributed by atoms with Crippen LogP contribution >= 0.6 is 11.3 Å². The van der Waals surface area contributed by atoms with Gasteiger partial charge in [0, 0.05) is 18.0 Å². The topological polar surface area (TPSA) is 130 Å². The molecule has 0 spiro atoms. The Morgan fingerprint density at radius 2 is 2.00 bits per heavy atom. The van der Waals surface area contributed by atoms with Gasteiger partial charge in [0.15, 0.2) is 5.13 Å². The fourth-order valence-electron chi connectivity index (χ4n) is 3.58. The van der Waals surface area contributed by atoms with Gasteiger partial charge in [0.25, 0.3) is 5.78 Å². The van der Waals surface area contributed by atoms with Crippen molar-refractivity contribution in [3.63, 3.8) is 0 Å². The van der Waals surface area contributed by atoms with E-state index in [1.165, 1.54) is 42.7 Å². The molecule has 10 heteroatoms. The molecule has 0 saturated carbocycles. The Bertz CT molecular complexity index is 1330. The van der Waals surface area contributed by atoms with E-state index >= 15 is 0 Å². The first-order valence-electron chi connectivity index (χ1n) is 10.1. The number of nitrogens with zero attached hydrogens (tertiary/aromatic N) is 3. The molecular weight excluding hydrogens is 458 g/mol. The van der Waals surface area contributed by atoms with E-state index in [1.54, 1.807) is 19.1 Å². The van der Waals surface area contributed by atoms with Crippen molar-refractivity contribution < 1.29 is 29.3 Å². The third kappa shape index (κ3) is 4.06. The van der Waals surface area contributed by atoms with Crippen molar-refractivity contribution in [1.29, 1.82) is 0 Å². The van der Waals surface area contributed by atoms with Gasteiger partial charge in [-0.15, -0.1) is 0 Å². The third-order valence-electron chi connectivity index (χ3n) is 5.09. The Labute approximate surface area is 198 Å². The lowest BCUT2D eigenvalue weighted by Crippen LogP contribution is -2.29. The second kappa shape index (κ2) is 9.28. The van der Waals surface area contributed by atoms with E-state index in [4.69, 9.17) is 4.74 Å². The molecule has 3 aromatic rings. The van der Waals surface area contributed by atoms with Crippen molar-refractivity contribution >= 4 is 39.9 Å². The predicted octanol–water partition coefficient (Wildman–Crippen LogP) is 3.52. The number of phenolic OH excluding ortho intramolecular Hbond substituents is 1. The van der Waals surface area contributed by atoms with Gasteiger partial charge in [-0.3, -0.25) is 19.5 Å². The van der Waals surface area contributed by atoms with Crippen LogP contribution in [0.1, 0.15) is 32.5 Å². The van der Waals surface area contributed by atoms with Crippen LogP contribution in [0.5, 0.6) is 5.75 Å². The molecule has 0 radical (unpaired) electrons. The van der Waals surface area contributed by atoms with E-state index in [0.717, 1.165) is 16.2 Å². The van der Waals surface area contributed by atoms with Gasteiger partial charge in [-0.1, -0.05) is 36.1 Å². The lowest BCUT2D eigenvalue weighted by molar-refractivity contribution is -0.132. The molecule has 1 aliphatic heterocycles. The van der Waals surface area contributed by atoms with Crippen LogP contribution < -0.4 is 4.90 Å². The van der Waals surface area contributed by atoms with E-state index in [-0.39, 0.29) is 27.9 Å². The highest BCUT2D eigenvalue weighted by Crippen LogP contribution is 2.44. The van der Waals surface area contributed by atoms with Crippen molar-refractivity contribution in [3.05, 3.63) is 88.7 Å². The maximum absolute atomic E-state index is 13.2. The quantitative estimate of drug-likeness (QED) is 0.181. The second-order valence-corrected chi connectivity index (χ2v) is 8.28.